The van der Waals surface area contributed by atoms with E-state index in [9.17, 15) is 18.8 Å². The van der Waals surface area contributed by atoms with E-state index in [0.717, 1.165) is 28.4 Å². The van der Waals surface area contributed by atoms with Crippen LogP contribution in [0.4, 0.5) is 14.9 Å². The van der Waals surface area contributed by atoms with Gasteiger partial charge in [0.1, 0.15) is 12.3 Å². The summed E-state index contributed by atoms with van der Waals surface area (Å²) >= 11 is 6.40. The Morgan fingerprint density at radius 2 is 2.03 bits per heavy atom. The lowest BCUT2D eigenvalue weighted by Crippen LogP contribution is -2.36. The molecule has 0 unspecified atom stereocenters. The van der Waals surface area contributed by atoms with Crippen LogP contribution in [0.2, 0.25) is 5.28 Å². The summed E-state index contributed by atoms with van der Waals surface area (Å²) < 4.78 is 19.3. The van der Waals surface area contributed by atoms with Crippen molar-refractivity contribution in [2.45, 2.75) is 6.92 Å². The van der Waals surface area contributed by atoms with Gasteiger partial charge in [-0.1, -0.05) is 24.3 Å². The van der Waals surface area contributed by atoms with E-state index in [1.807, 2.05) is 13.0 Å². The first-order valence-corrected chi connectivity index (χ1v) is 11.1. The molecule has 3 aromatic rings. The Hall–Kier alpha value is -3.76. The zero-order valence-corrected chi connectivity index (χ0v) is 19.2. The molecule has 0 spiro atoms. The quantitative estimate of drug-likeness (QED) is 0.375. The van der Waals surface area contributed by atoms with Gasteiger partial charge in [-0.05, 0) is 71.8 Å². The lowest BCUT2D eigenvalue weighted by molar-refractivity contribution is -0.127. The van der Waals surface area contributed by atoms with Crippen molar-refractivity contribution in [1.82, 2.24) is 14.9 Å². The number of benzene rings is 2. The number of imide groups is 1. The number of rotatable bonds is 6. The van der Waals surface area contributed by atoms with Crippen LogP contribution in [0.3, 0.4) is 0 Å². The molecule has 172 valence electrons. The molecule has 0 bridgehead atoms. The third kappa shape index (κ3) is 5.59. The van der Waals surface area contributed by atoms with Crippen molar-refractivity contribution in [3.8, 4) is 11.6 Å². The topological polar surface area (TPSA) is 101 Å². The first-order valence-electron chi connectivity index (χ1n) is 9.86. The van der Waals surface area contributed by atoms with Crippen LogP contribution >= 0.6 is 23.4 Å². The van der Waals surface area contributed by atoms with Crippen LogP contribution in [0, 0.1) is 12.7 Å². The lowest BCUT2D eigenvalue weighted by atomic mass is 10.2. The van der Waals surface area contributed by atoms with Gasteiger partial charge in [0.25, 0.3) is 17.0 Å². The minimum Gasteiger partial charge on any atom is -0.436 e. The Balaban J connectivity index is 1.46. The highest BCUT2D eigenvalue weighted by atomic mass is 35.5. The molecule has 2 aromatic carbocycles. The zero-order valence-electron chi connectivity index (χ0n) is 17.6. The van der Waals surface area contributed by atoms with Gasteiger partial charge in [0.2, 0.25) is 17.0 Å². The molecular weight excluding hydrogens is 483 g/mol. The summed E-state index contributed by atoms with van der Waals surface area (Å²) in [5.41, 5.74) is 2.06. The van der Waals surface area contributed by atoms with Crippen molar-refractivity contribution in [3.63, 3.8) is 0 Å². The predicted octanol–water partition coefficient (Wildman–Crippen LogP) is 5.04. The van der Waals surface area contributed by atoms with Gasteiger partial charge in [-0.15, -0.1) is 0 Å². The summed E-state index contributed by atoms with van der Waals surface area (Å²) in [6.07, 6.45) is 2.37. The highest BCUT2D eigenvalue weighted by Crippen LogP contribution is 2.33. The van der Waals surface area contributed by atoms with Gasteiger partial charge in [-0.2, -0.15) is 9.37 Å². The molecule has 1 fully saturated rings. The number of thioether (sulfide) groups is 1. The largest absolute Gasteiger partial charge is 0.436 e. The zero-order chi connectivity index (χ0) is 24.2. The van der Waals surface area contributed by atoms with Crippen LogP contribution in [0.25, 0.3) is 6.08 Å². The van der Waals surface area contributed by atoms with Gasteiger partial charge in [0.05, 0.1) is 11.1 Å². The van der Waals surface area contributed by atoms with E-state index in [2.05, 4.69) is 15.3 Å². The van der Waals surface area contributed by atoms with E-state index in [1.165, 1.54) is 12.1 Å². The number of carbonyl (C=O) groups excluding carboxylic acids is 3. The van der Waals surface area contributed by atoms with Crippen molar-refractivity contribution in [2.75, 3.05) is 11.9 Å². The van der Waals surface area contributed by atoms with Crippen LogP contribution in [-0.2, 0) is 9.59 Å². The van der Waals surface area contributed by atoms with E-state index in [1.54, 1.807) is 36.4 Å². The molecule has 0 saturated carbocycles. The van der Waals surface area contributed by atoms with Gasteiger partial charge >= 0.3 is 0 Å². The number of aryl methyl sites for hydroxylation is 1. The molecule has 34 heavy (non-hydrogen) atoms. The molecule has 1 aliphatic rings. The molecule has 8 nitrogen and oxygen atoms in total. The first kappa shape index (κ1) is 23.4. The first-order chi connectivity index (χ1) is 16.3. The SMILES string of the molecule is Cc1cccc(NC(=O)CN2C(=O)S/C(=C/c3cccc(Oc4nc(Cl)ncc4F)c3)C2=O)c1. The monoisotopic (exact) mass is 498 g/mol. The van der Waals surface area contributed by atoms with E-state index in [0.29, 0.717) is 11.3 Å². The summed E-state index contributed by atoms with van der Waals surface area (Å²) in [5, 5.41) is 1.95. The Kier molecular flexibility index (Phi) is 6.90. The predicted molar refractivity (Wildman–Crippen MR) is 126 cm³/mol. The maximum atomic E-state index is 13.8. The molecule has 2 heterocycles. The van der Waals surface area contributed by atoms with Crippen molar-refractivity contribution >= 4 is 52.2 Å². The normalized spacial score (nSPS) is 14.6. The third-order valence-corrected chi connectivity index (χ3v) is 5.62. The molecule has 1 saturated heterocycles. The molecule has 11 heteroatoms. The molecule has 1 N–H and O–H groups in total. The standard InChI is InChI=1S/C23H16ClFN4O4S/c1-13-4-2-6-15(8-13)27-19(30)12-29-21(31)18(34-23(29)32)10-14-5-3-7-16(9-14)33-20-17(25)11-26-22(24)28-20/h2-11H,12H2,1H3,(H,27,30)/b18-10+. The average Bonchev–Trinajstić information content (AvgIpc) is 3.04. The van der Waals surface area contributed by atoms with Crippen LogP contribution in [0.5, 0.6) is 11.6 Å². The lowest BCUT2D eigenvalue weighted by Gasteiger charge is -2.12. The summed E-state index contributed by atoms with van der Waals surface area (Å²) in [6.45, 7) is 1.48. The second-order valence-electron chi connectivity index (χ2n) is 7.15. The number of carbonyl (C=O) groups is 3. The second-order valence-corrected chi connectivity index (χ2v) is 8.48. The molecule has 0 atom stereocenters. The maximum absolute atomic E-state index is 13.8. The van der Waals surface area contributed by atoms with Crippen LogP contribution in [0.15, 0.2) is 59.6 Å². The number of aromatic nitrogens is 2. The molecule has 1 aliphatic heterocycles. The van der Waals surface area contributed by atoms with E-state index in [4.69, 9.17) is 16.3 Å². The van der Waals surface area contributed by atoms with Crippen molar-refractivity contribution < 1.29 is 23.5 Å². The number of amides is 3. The molecule has 0 radical (unpaired) electrons. The minimum atomic E-state index is -0.792. The Morgan fingerprint density at radius 3 is 2.82 bits per heavy atom. The van der Waals surface area contributed by atoms with E-state index < -0.39 is 29.4 Å². The fraction of sp³-hybridized carbons (Fsp3) is 0.0870. The summed E-state index contributed by atoms with van der Waals surface area (Å²) in [6, 6.07) is 13.6. The van der Waals surface area contributed by atoms with Crippen LogP contribution < -0.4 is 10.1 Å². The molecule has 4 rings (SSSR count). The smallest absolute Gasteiger partial charge is 0.294 e. The Bertz CT molecular complexity index is 1330. The number of ether oxygens (including phenoxy) is 1. The highest BCUT2D eigenvalue weighted by molar-refractivity contribution is 8.18. The van der Waals surface area contributed by atoms with Crippen molar-refractivity contribution in [2.24, 2.45) is 0 Å². The number of nitrogens with zero attached hydrogens (tertiary/aromatic N) is 3. The second kappa shape index (κ2) is 10.0. The van der Waals surface area contributed by atoms with E-state index >= 15 is 0 Å². The number of halogens is 2. The minimum absolute atomic E-state index is 0.141. The summed E-state index contributed by atoms with van der Waals surface area (Å²) in [5.74, 6) is -1.99. The number of nitrogens with one attached hydrogen (secondary N) is 1. The summed E-state index contributed by atoms with van der Waals surface area (Å²) in [4.78, 5) is 45.7. The molecular formula is C23H16ClFN4O4S. The highest BCUT2D eigenvalue weighted by Gasteiger charge is 2.36. The van der Waals surface area contributed by atoms with Crippen LogP contribution in [0.1, 0.15) is 11.1 Å². The third-order valence-electron chi connectivity index (χ3n) is 4.53. The van der Waals surface area contributed by atoms with Gasteiger partial charge in [0, 0.05) is 5.69 Å². The number of hydrogen-bond acceptors (Lipinski definition) is 7. The summed E-state index contributed by atoms with van der Waals surface area (Å²) in [7, 11) is 0. The molecule has 1 aromatic heterocycles. The van der Waals surface area contributed by atoms with Crippen molar-refractivity contribution in [1.29, 1.82) is 0 Å². The van der Waals surface area contributed by atoms with Crippen molar-refractivity contribution in [3.05, 3.63) is 81.9 Å². The fourth-order valence-corrected chi connectivity index (χ4v) is 4.00. The molecule has 0 aliphatic carbocycles. The van der Waals surface area contributed by atoms with E-state index in [-0.39, 0.29) is 21.8 Å². The Labute approximate surface area is 202 Å². The van der Waals surface area contributed by atoms with Gasteiger partial charge < -0.3 is 10.1 Å². The Morgan fingerprint density at radius 1 is 1.24 bits per heavy atom. The van der Waals surface area contributed by atoms with Gasteiger partial charge in [-0.3, -0.25) is 19.3 Å². The fourth-order valence-electron chi connectivity index (χ4n) is 3.04. The van der Waals surface area contributed by atoms with Gasteiger partial charge in [0.15, 0.2) is 0 Å². The number of anilines is 1. The number of hydrogen-bond donors (Lipinski definition) is 1. The average molecular weight is 499 g/mol. The molecule has 3 amide bonds. The van der Waals surface area contributed by atoms with Crippen LogP contribution in [-0.4, -0.2) is 38.5 Å². The maximum Gasteiger partial charge on any atom is 0.294 e. The van der Waals surface area contributed by atoms with Gasteiger partial charge in [-0.25, -0.2) is 4.98 Å².